The first-order valence-electron chi connectivity index (χ1n) is 5.50. The highest BCUT2D eigenvalue weighted by molar-refractivity contribution is 5.63. The van der Waals surface area contributed by atoms with Crippen molar-refractivity contribution in [1.29, 1.82) is 0 Å². The van der Waals surface area contributed by atoms with E-state index in [1.54, 1.807) is 19.9 Å². The van der Waals surface area contributed by atoms with E-state index in [2.05, 4.69) is 0 Å². The maximum atomic E-state index is 10.3. The molecule has 102 valence electrons. The largest absolute Gasteiger partial charge is 0.493 e. The number of aliphatic hydroxyl groups is 1. The van der Waals surface area contributed by atoms with Crippen molar-refractivity contribution >= 4 is 0 Å². The molecule has 0 bridgehead atoms. The summed E-state index contributed by atoms with van der Waals surface area (Å²) in [5.41, 5.74) is -0.665. The van der Waals surface area contributed by atoms with Gasteiger partial charge < -0.3 is 24.1 Å². The summed E-state index contributed by atoms with van der Waals surface area (Å²) >= 11 is 0. The van der Waals surface area contributed by atoms with Gasteiger partial charge in [0.2, 0.25) is 0 Å². The zero-order valence-electron chi connectivity index (χ0n) is 11.7. The quantitative estimate of drug-likeness (QED) is 0.872. The van der Waals surface area contributed by atoms with Gasteiger partial charge in [0, 0.05) is 6.07 Å². The van der Waals surface area contributed by atoms with Gasteiger partial charge in [-0.15, -0.1) is 0 Å². The number of benzene rings is 1. The molecule has 0 atom stereocenters. The van der Waals surface area contributed by atoms with Crippen LogP contribution in [0.4, 0.5) is 0 Å². The van der Waals surface area contributed by atoms with Gasteiger partial charge in [-0.25, -0.2) is 0 Å². The van der Waals surface area contributed by atoms with Gasteiger partial charge in [0.1, 0.15) is 0 Å². The van der Waals surface area contributed by atoms with Crippen LogP contribution < -0.4 is 18.9 Å². The number of ether oxygens (including phenoxy) is 4. The molecule has 0 aliphatic heterocycles. The van der Waals surface area contributed by atoms with Crippen molar-refractivity contribution in [3.8, 4) is 23.0 Å². The summed E-state index contributed by atoms with van der Waals surface area (Å²) in [5, 5.41) is 10.3. The van der Waals surface area contributed by atoms with Crippen LogP contribution in [0.1, 0.15) is 19.4 Å². The van der Waals surface area contributed by atoms with E-state index in [4.69, 9.17) is 18.9 Å². The van der Waals surface area contributed by atoms with Crippen LogP contribution in [0.5, 0.6) is 23.0 Å². The summed E-state index contributed by atoms with van der Waals surface area (Å²) in [6, 6.07) is 1.66. The van der Waals surface area contributed by atoms with Gasteiger partial charge in [-0.1, -0.05) is 0 Å². The third-order valence-corrected chi connectivity index (χ3v) is 2.62. The molecule has 5 heteroatoms. The Morgan fingerprint density at radius 3 is 1.44 bits per heavy atom. The second-order valence-electron chi connectivity index (χ2n) is 4.28. The molecule has 0 aliphatic rings. The molecule has 0 aliphatic carbocycles. The fourth-order valence-corrected chi connectivity index (χ4v) is 1.86. The summed E-state index contributed by atoms with van der Waals surface area (Å²) in [7, 11) is 6.08. The van der Waals surface area contributed by atoms with E-state index in [1.807, 2.05) is 0 Å². The maximum Gasteiger partial charge on any atom is 0.170 e. The second kappa shape index (κ2) is 5.35. The van der Waals surface area contributed by atoms with E-state index in [0.717, 1.165) is 0 Å². The predicted octanol–water partition coefficient (Wildman–Crippen LogP) is 1.95. The first kappa shape index (κ1) is 14.4. The Bertz CT molecular complexity index is 390. The first-order chi connectivity index (χ1) is 8.40. The molecule has 0 saturated carbocycles. The number of methoxy groups -OCH3 is 4. The van der Waals surface area contributed by atoms with Crippen LogP contribution in [-0.4, -0.2) is 33.5 Å². The lowest BCUT2D eigenvalue weighted by molar-refractivity contribution is 0.0715. The summed E-state index contributed by atoms with van der Waals surface area (Å²) in [4.78, 5) is 0. The highest BCUT2D eigenvalue weighted by Crippen LogP contribution is 2.48. The lowest BCUT2D eigenvalue weighted by Crippen LogP contribution is -2.19. The fourth-order valence-electron chi connectivity index (χ4n) is 1.86. The zero-order valence-corrected chi connectivity index (χ0v) is 11.7. The minimum atomic E-state index is -1.15. The van der Waals surface area contributed by atoms with E-state index in [1.165, 1.54) is 28.4 Å². The van der Waals surface area contributed by atoms with E-state index in [9.17, 15) is 5.11 Å². The third-order valence-electron chi connectivity index (χ3n) is 2.62. The normalized spacial score (nSPS) is 11.1. The Kier molecular flexibility index (Phi) is 4.29. The Labute approximate surface area is 107 Å². The fraction of sp³-hybridized carbons (Fsp3) is 0.538. The van der Waals surface area contributed by atoms with E-state index in [0.29, 0.717) is 28.6 Å². The highest BCUT2D eigenvalue weighted by Gasteiger charge is 2.31. The van der Waals surface area contributed by atoms with Gasteiger partial charge in [-0.2, -0.15) is 0 Å². The molecule has 1 N–H and O–H groups in total. The van der Waals surface area contributed by atoms with Crippen LogP contribution >= 0.6 is 0 Å². The molecule has 0 radical (unpaired) electrons. The second-order valence-corrected chi connectivity index (χ2v) is 4.28. The minimum absolute atomic E-state index is 0.433. The number of hydrogen-bond donors (Lipinski definition) is 1. The van der Waals surface area contributed by atoms with E-state index >= 15 is 0 Å². The van der Waals surface area contributed by atoms with Crippen molar-refractivity contribution in [3.63, 3.8) is 0 Å². The molecule has 1 aromatic carbocycles. The molecule has 0 amide bonds. The average Bonchev–Trinajstić information content (AvgIpc) is 2.34. The molecule has 1 aromatic rings. The van der Waals surface area contributed by atoms with Gasteiger partial charge >= 0.3 is 0 Å². The Morgan fingerprint density at radius 1 is 0.833 bits per heavy atom. The van der Waals surface area contributed by atoms with E-state index < -0.39 is 5.60 Å². The molecule has 5 nitrogen and oxygen atoms in total. The van der Waals surface area contributed by atoms with Crippen molar-refractivity contribution in [2.75, 3.05) is 28.4 Å². The SMILES string of the molecule is COc1cc(OC)c(OC)c(C(C)(C)O)c1OC. The molecule has 0 unspecified atom stereocenters. The number of hydrogen-bond acceptors (Lipinski definition) is 5. The van der Waals surface area contributed by atoms with Crippen molar-refractivity contribution in [2.45, 2.75) is 19.4 Å². The van der Waals surface area contributed by atoms with Gasteiger partial charge in [-0.05, 0) is 13.8 Å². The first-order valence-corrected chi connectivity index (χ1v) is 5.50. The van der Waals surface area contributed by atoms with Crippen LogP contribution in [0, 0.1) is 0 Å². The monoisotopic (exact) mass is 256 g/mol. The van der Waals surface area contributed by atoms with Gasteiger partial charge in [0.05, 0.1) is 39.6 Å². The smallest absolute Gasteiger partial charge is 0.170 e. The topological polar surface area (TPSA) is 57.2 Å². The molecule has 0 saturated heterocycles. The van der Waals surface area contributed by atoms with Crippen molar-refractivity contribution < 1.29 is 24.1 Å². The Morgan fingerprint density at radius 2 is 1.22 bits per heavy atom. The summed E-state index contributed by atoms with van der Waals surface area (Å²) in [6.07, 6.45) is 0. The number of rotatable bonds is 5. The Balaban J connectivity index is 3.69. The molecule has 1 rings (SSSR count). The van der Waals surface area contributed by atoms with Gasteiger partial charge in [-0.3, -0.25) is 0 Å². The molecular weight excluding hydrogens is 236 g/mol. The zero-order chi connectivity index (χ0) is 13.9. The molecule has 0 aromatic heterocycles. The lowest BCUT2D eigenvalue weighted by atomic mass is 9.95. The van der Waals surface area contributed by atoms with Gasteiger partial charge in [0.25, 0.3) is 0 Å². The molecule has 0 heterocycles. The lowest BCUT2D eigenvalue weighted by Gasteiger charge is -2.26. The summed E-state index contributed by atoms with van der Waals surface area (Å²) < 4.78 is 21.1. The standard InChI is InChI=1S/C13H20O5/c1-13(2,14)10-11(17-5)8(15-3)7-9(16-4)12(10)18-6/h7,14H,1-6H3. The van der Waals surface area contributed by atoms with Crippen molar-refractivity contribution in [3.05, 3.63) is 11.6 Å². The highest BCUT2D eigenvalue weighted by atomic mass is 16.5. The maximum absolute atomic E-state index is 10.3. The minimum Gasteiger partial charge on any atom is -0.493 e. The molecule has 0 spiro atoms. The predicted molar refractivity (Wildman–Crippen MR) is 67.9 cm³/mol. The van der Waals surface area contributed by atoms with Crippen LogP contribution in [0.3, 0.4) is 0 Å². The molecule has 0 fully saturated rings. The van der Waals surface area contributed by atoms with Crippen molar-refractivity contribution in [2.24, 2.45) is 0 Å². The van der Waals surface area contributed by atoms with Crippen LogP contribution in [-0.2, 0) is 5.60 Å². The third kappa shape index (κ3) is 2.46. The van der Waals surface area contributed by atoms with Crippen LogP contribution in [0.25, 0.3) is 0 Å². The van der Waals surface area contributed by atoms with Crippen LogP contribution in [0.2, 0.25) is 0 Å². The van der Waals surface area contributed by atoms with E-state index in [-0.39, 0.29) is 0 Å². The summed E-state index contributed by atoms with van der Waals surface area (Å²) in [5.74, 6) is 1.82. The Hall–Kier alpha value is -1.62. The average molecular weight is 256 g/mol. The van der Waals surface area contributed by atoms with Gasteiger partial charge in [0.15, 0.2) is 23.0 Å². The summed E-state index contributed by atoms with van der Waals surface area (Å²) in [6.45, 7) is 3.29. The van der Waals surface area contributed by atoms with Crippen LogP contribution in [0.15, 0.2) is 6.07 Å². The van der Waals surface area contributed by atoms with Crippen molar-refractivity contribution in [1.82, 2.24) is 0 Å². The molecule has 18 heavy (non-hydrogen) atoms. The molecular formula is C13H20O5.